The summed E-state index contributed by atoms with van der Waals surface area (Å²) in [6.45, 7) is -0.313. The van der Waals surface area contributed by atoms with Gasteiger partial charge in [0, 0.05) is 11.8 Å². The molecule has 0 spiro atoms. The van der Waals surface area contributed by atoms with Crippen LogP contribution in [0.3, 0.4) is 0 Å². The van der Waals surface area contributed by atoms with Crippen LogP contribution in [0.1, 0.15) is 5.56 Å². The smallest absolute Gasteiger partial charge is 0.294 e. The van der Waals surface area contributed by atoms with Crippen LogP contribution in [0.5, 0.6) is 23.0 Å². The number of carbonyl (C=O) groups excluding carboxylic acids is 3. The molecule has 0 aliphatic carbocycles. The van der Waals surface area contributed by atoms with Crippen LogP contribution in [0, 0.1) is 0 Å². The van der Waals surface area contributed by atoms with Crippen LogP contribution in [0.2, 0.25) is 0 Å². The second-order valence-electron chi connectivity index (χ2n) is 6.32. The first-order chi connectivity index (χ1) is 14.4. The second kappa shape index (κ2) is 7.99. The van der Waals surface area contributed by atoms with Crippen molar-refractivity contribution < 1.29 is 33.7 Å². The minimum absolute atomic E-state index is 0.0893. The van der Waals surface area contributed by atoms with Gasteiger partial charge in [-0.25, -0.2) is 0 Å². The molecule has 0 radical (unpaired) electrons. The number of nitrogens with one attached hydrogen (secondary N) is 1. The molecule has 4 rings (SSSR count). The highest BCUT2D eigenvalue weighted by Crippen LogP contribution is 2.35. The highest BCUT2D eigenvalue weighted by atomic mass is 32.2. The number of hydrogen-bond acceptors (Lipinski definition) is 8. The van der Waals surface area contributed by atoms with Gasteiger partial charge in [-0.05, 0) is 47.7 Å². The Morgan fingerprint density at radius 2 is 2.03 bits per heavy atom. The van der Waals surface area contributed by atoms with E-state index in [1.807, 2.05) is 0 Å². The fraction of sp³-hybridized carbons (Fsp3) is 0.150. The summed E-state index contributed by atoms with van der Waals surface area (Å²) in [5.41, 5.74) is 0.976. The van der Waals surface area contributed by atoms with E-state index in [0.29, 0.717) is 28.5 Å². The van der Waals surface area contributed by atoms with Gasteiger partial charge in [-0.1, -0.05) is 6.07 Å². The van der Waals surface area contributed by atoms with Crippen molar-refractivity contribution in [2.24, 2.45) is 0 Å². The van der Waals surface area contributed by atoms with Crippen molar-refractivity contribution in [3.8, 4) is 23.0 Å². The van der Waals surface area contributed by atoms with Gasteiger partial charge in [0.25, 0.3) is 11.1 Å². The number of amides is 3. The topological polar surface area (TPSA) is 114 Å². The van der Waals surface area contributed by atoms with E-state index in [9.17, 15) is 19.5 Å². The van der Waals surface area contributed by atoms with Crippen molar-refractivity contribution in [2.45, 2.75) is 0 Å². The van der Waals surface area contributed by atoms with E-state index in [2.05, 4.69) is 5.32 Å². The van der Waals surface area contributed by atoms with Crippen LogP contribution in [-0.4, -0.2) is 47.5 Å². The maximum atomic E-state index is 12.6. The monoisotopic (exact) mass is 428 g/mol. The van der Waals surface area contributed by atoms with Gasteiger partial charge in [0.05, 0.1) is 12.0 Å². The first kappa shape index (κ1) is 19.6. The minimum Gasteiger partial charge on any atom is -0.504 e. The average molecular weight is 428 g/mol. The number of carbonyl (C=O) groups is 3. The molecule has 0 atom stereocenters. The number of aromatic hydroxyl groups is 1. The quantitative estimate of drug-likeness (QED) is 0.699. The summed E-state index contributed by atoms with van der Waals surface area (Å²) < 4.78 is 15.4. The Labute approximate surface area is 175 Å². The summed E-state index contributed by atoms with van der Waals surface area (Å²) in [7, 11) is 1.43. The van der Waals surface area contributed by atoms with E-state index in [1.165, 1.54) is 19.3 Å². The molecule has 2 aromatic carbocycles. The summed E-state index contributed by atoms with van der Waals surface area (Å²) in [5, 5.41) is 11.9. The number of benzene rings is 2. The maximum Gasteiger partial charge on any atom is 0.294 e. The zero-order valence-electron chi connectivity index (χ0n) is 15.7. The first-order valence-electron chi connectivity index (χ1n) is 8.76. The average Bonchev–Trinajstić information content (AvgIpc) is 3.28. The molecule has 9 nitrogen and oxygen atoms in total. The van der Waals surface area contributed by atoms with Gasteiger partial charge in [-0.2, -0.15) is 0 Å². The first-order valence-corrected chi connectivity index (χ1v) is 9.58. The Hall–Kier alpha value is -3.66. The van der Waals surface area contributed by atoms with E-state index >= 15 is 0 Å². The fourth-order valence-corrected chi connectivity index (χ4v) is 3.74. The molecule has 0 unspecified atom stereocenters. The molecule has 0 saturated carbocycles. The zero-order chi connectivity index (χ0) is 21.3. The second-order valence-corrected chi connectivity index (χ2v) is 7.31. The summed E-state index contributed by atoms with van der Waals surface area (Å²) in [5.74, 6) is 0.174. The molecule has 2 aliphatic rings. The van der Waals surface area contributed by atoms with Crippen LogP contribution < -0.4 is 19.5 Å². The molecular formula is C20H16N2O7S. The van der Waals surface area contributed by atoms with Gasteiger partial charge in [0.2, 0.25) is 12.7 Å². The van der Waals surface area contributed by atoms with Crippen molar-refractivity contribution >= 4 is 40.6 Å². The van der Waals surface area contributed by atoms with Crippen LogP contribution in [0.15, 0.2) is 41.3 Å². The number of anilines is 1. The Kier molecular flexibility index (Phi) is 5.23. The highest BCUT2D eigenvalue weighted by Gasteiger charge is 2.36. The molecule has 30 heavy (non-hydrogen) atoms. The lowest BCUT2D eigenvalue weighted by atomic mass is 10.2. The van der Waals surface area contributed by atoms with Gasteiger partial charge < -0.3 is 24.6 Å². The minimum atomic E-state index is -0.582. The molecular weight excluding hydrogens is 412 g/mol. The standard InChI is InChI=1S/C20H16N2O7S/c1-27-14-4-2-11(6-13(14)23)7-17-19(25)22(20(26)30-17)9-18(24)21-12-3-5-15-16(8-12)29-10-28-15/h2-8,23H,9-10H2,1H3,(H,21,24)/b17-7+. The number of nitrogens with zero attached hydrogens (tertiary/aromatic N) is 1. The number of fused-ring (bicyclic) bond motifs is 1. The molecule has 154 valence electrons. The van der Waals surface area contributed by atoms with Gasteiger partial charge in [0.1, 0.15) is 6.54 Å². The van der Waals surface area contributed by atoms with E-state index in [-0.39, 0.29) is 17.4 Å². The van der Waals surface area contributed by atoms with Gasteiger partial charge >= 0.3 is 0 Å². The fourth-order valence-electron chi connectivity index (χ4n) is 2.90. The van der Waals surface area contributed by atoms with Gasteiger partial charge in [0.15, 0.2) is 23.0 Å². The molecule has 2 heterocycles. The third kappa shape index (κ3) is 3.90. The predicted octanol–water partition coefficient (Wildman–Crippen LogP) is 2.80. The Morgan fingerprint density at radius 3 is 2.80 bits per heavy atom. The van der Waals surface area contributed by atoms with Crippen LogP contribution in [0.25, 0.3) is 6.08 Å². The number of rotatable bonds is 5. The Bertz CT molecular complexity index is 1080. The van der Waals surface area contributed by atoms with Gasteiger partial charge in [-0.15, -0.1) is 0 Å². The lowest BCUT2D eigenvalue weighted by molar-refractivity contribution is -0.127. The SMILES string of the molecule is COc1ccc(/C=C2/SC(=O)N(CC(=O)Nc3ccc4c(c3)OCO4)C2=O)cc1O. The van der Waals surface area contributed by atoms with Crippen LogP contribution in [-0.2, 0) is 9.59 Å². The molecule has 1 saturated heterocycles. The highest BCUT2D eigenvalue weighted by molar-refractivity contribution is 8.18. The van der Waals surface area contributed by atoms with Crippen LogP contribution >= 0.6 is 11.8 Å². The van der Waals surface area contributed by atoms with Crippen molar-refractivity contribution in [1.29, 1.82) is 0 Å². The molecule has 10 heteroatoms. The van der Waals surface area contributed by atoms with Crippen molar-refractivity contribution in [1.82, 2.24) is 4.90 Å². The zero-order valence-corrected chi connectivity index (χ0v) is 16.5. The van der Waals surface area contributed by atoms with Gasteiger partial charge in [-0.3, -0.25) is 19.3 Å². The molecule has 0 bridgehead atoms. The lowest BCUT2D eigenvalue weighted by Crippen LogP contribution is -2.36. The predicted molar refractivity (Wildman–Crippen MR) is 109 cm³/mol. The third-order valence-electron chi connectivity index (χ3n) is 4.33. The lowest BCUT2D eigenvalue weighted by Gasteiger charge is -2.12. The van der Waals surface area contributed by atoms with Crippen molar-refractivity contribution in [3.63, 3.8) is 0 Å². The van der Waals surface area contributed by atoms with E-state index in [4.69, 9.17) is 14.2 Å². The van der Waals surface area contributed by atoms with Crippen molar-refractivity contribution in [2.75, 3.05) is 25.8 Å². The summed E-state index contributed by atoms with van der Waals surface area (Å²) in [4.78, 5) is 38.2. The van der Waals surface area contributed by atoms with Crippen LogP contribution in [0.4, 0.5) is 10.5 Å². The molecule has 3 amide bonds. The normalized spacial score (nSPS) is 16.3. The summed E-state index contributed by atoms with van der Waals surface area (Å²) >= 11 is 0.726. The Morgan fingerprint density at radius 1 is 1.23 bits per heavy atom. The molecule has 2 N–H and O–H groups in total. The number of hydrogen-bond donors (Lipinski definition) is 2. The summed E-state index contributed by atoms with van der Waals surface area (Å²) in [6, 6.07) is 9.49. The molecule has 2 aromatic rings. The largest absolute Gasteiger partial charge is 0.504 e. The molecule has 0 aromatic heterocycles. The van der Waals surface area contributed by atoms with E-state index in [1.54, 1.807) is 30.3 Å². The number of methoxy groups -OCH3 is 1. The molecule has 2 aliphatic heterocycles. The number of imide groups is 1. The number of phenolic OH excluding ortho intramolecular Hbond substituents is 1. The summed E-state index contributed by atoms with van der Waals surface area (Å²) in [6.07, 6.45) is 1.47. The number of ether oxygens (including phenoxy) is 3. The van der Waals surface area contributed by atoms with Crippen molar-refractivity contribution in [3.05, 3.63) is 46.9 Å². The maximum absolute atomic E-state index is 12.6. The Balaban J connectivity index is 1.43. The van der Waals surface area contributed by atoms with E-state index in [0.717, 1.165) is 16.7 Å². The number of thioether (sulfide) groups is 1. The third-order valence-corrected chi connectivity index (χ3v) is 5.24. The number of phenols is 1. The molecule has 1 fully saturated rings. The van der Waals surface area contributed by atoms with E-state index < -0.39 is 23.6 Å².